The minimum atomic E-state index is 0.531. The molecule has 18 heavy (non-hydrogen) atoms. The number of morpholine rings is 1. The van der Waals surface area contributed by atoms with Crippen LogP contribution in [-0.2, 0) is 16.0 Å². The summed E-state index contributed by atoms with van der Waals surface area (Å²) in [6.07, 6.45) is 2.20. The number of hydrogen-bond donors (Lipinski definition) is 0. The molecular weight excluding hydrogens is 230 g/mol. The number of carbonyl (C=O) groups is 1. The van der Waals surface area contributed by atoms with E-state index in [0.717, 1.165) is 50.3 Å². The number of benzene rings is 1. The summed E-state index contributed by atoms with van der Waals surface area (Å²) < 4.78 is 10.7. The van der Waals surface area contributed by atoms with Crippen molar-refractivity contribution in [2.45, 2.75) is 12.8 Å². The number of carbonyl (C=O) groups excluding carboxylic acids is 1. The summed E-state index contributed by atoms with van der Waals surface area (Å²) in [6.45, 7) is 3.38. The average Bonchev–Trinajstić information content (AvgIpc) is 2.45. The number of anilines is 1. The molecule has 0 radical (unpaired) electrons. The number of nitrogens with zero attached hydrogens (tertiary/aromatic N) is 1. The molecule has 0 saturated carbocycles. The molecule has 0 unspecified atom stereocenters. The van der Waals surface area contributed by atoms with Gasteiger partial charge in [-0.3, -0.25) is 0 Å². The highest BCUT2D eigenvalue weighted by molar-refractivity contribution is 5.56. The first-order valence-electron chi connectivity index (χ1n) is 6.28. The fraction of sp³-hybridized carbons (Fsp3) is 0.500. The quantitative estimate of drug-likeness (QED) is 0.744. The van der Waals surface area contributed by atoms with Crippen molar-refractivity contribution in [2.75, 3.05) is 38.3 Å². The summed E-state index contributed by atoms with van der Waals surface area (Å²) in [7, 11) is 1.66. The Kier molecular flexibility index (Phi) is 4.59. The zero-order valence-electron chi connectivity index (χ0n) is 10.7. The van der Waals surface area contributed by atoms with Gasteiger partial charge in [0.05, 0.1) is 20.3 Å². The minimum absolute atomic E-state index is 0.531. The van der Waals surface area contributed by atoms with E-state index in [1.54, 1.807) is 7.11 Å². The molecule has 1 aliphatic rings. The smallest absolute Gasteiger partial charge is 0.122 e. The summed E-state index contributed by atoms with van der Waals surface area (Å²) >= 11 is 0. The van der Waals surface area contributed by atoms with E-state index in [2.05, 4.69) is 17.0 Å². The molecule has 2 rings (SSSR count). The first-order chi connectivity index (χ1) is 8.85. The number of methoxy groups -OCH3 is 1. The van der Waals surface area contributed by atoms with E-state index in [1.165, 1.54) is 5.69 Å². The van der Waals surface area contributed by atoms with Crippen LogP contribution in [-0.4, -0.2) is 39.7 Å². The highest BCUT2D eigenvalue weighted by Crippen LogP contribution is 2.26. The Morgan fingerprint density at radius 3 is 2.83 bits per heavy atom. The van der Waals surface area contributed by atoms with Gasteiger partial charge in [-0.05, 0) is 30.2 Å². The van der Waals surface area contributed by atoms with Crippen molar-refractivity contribution in [3.63, 3.8) is 0 Å². The van der Waals surface area contributed by atoms with Crippen LogP contribution in [0.3, 0.4) is 0 Å². The first kappa shape index (κ1) is 12.9. The third-order valence-electron chi connectivity index (χ3n) is 3.17. The normalized spacial score (nSPS) is 15.5. The fourth-order valence-electron chi connectivity index (χ4n) is 2.19. The first-order valence-corrected chi connectivity index (χ1v) is 6.28. The van der Waals surface area contributed by atoms with Gasteiger partial charge < -0.3 is 19.2 Å². The molecular formula is C14H19NO3. The second-order valence-electron chi connectivity index (χ2n) is 4.30. The van der Waals surface area contributed by atoms with E-state index >= 15 is 0 Å². The van der Waals surface area contributed by atoms with Crippen molar-refractivity contribution in [1.29, 1.82) is 0 Å². The zero-order valence-corrected chi connectivity index (χ0v) is 10.7. The molecule has 98 valence electrons. The van der Waals surface area contributed by atoms with Gasteiger partial charge in [-0.25, -0.2) is 0 Å². The zero-order chi connectivity index (χ0) is 12.8. The summed E-state index contributed by atoms with van der Waals surface area (Å²) in [6, 6.07) is 6.16. The molecule has 0 bridgehead atoms. The lowest BCUT2D eigenvalue weighted by Crippen LogP contribution is -2.36. The van der Waals surface area contributed by atoms with Crippen molar-refractivity contribution in [3.05, 3.63) is 23.8 Å². The lowest BCUT2D eigenvalue weighted by atomic mass is 10.1. The molecule has 1 saturated heterocycles. The Morgan fingerprint density at radius 1 is 1.39 bits per heavy atom. The van der Waals surface area contributed by atoms with Gasteiger partial charge in [-0.1, -0.05) is 0 Å². The maximum atomic E-state index is 10.5. The molecule has 0 aliphatic carbocycles. The van der Waals surface area contributed by atoms with E-state index in [1.807, 2.05) is 6.07 Å². The molecule has 0 N–H and O–H groups in total. The van der Waals surface area contributed by atoms with Crippen LogP contribution in [0.25, 0.3) is 0 Å². The topological polar surface area (TPSA) is 38.8 Å². The molecule has 1 heterocycles. The Balaban J connectivity index is 2.17. The van der Waals surface area contributed by atoms with Crippen LogP contribution in [0, 0.1) is 0 Å². The summed E-state index contributed by atoms with van der Waals surface area (Å²) in [4.78, 5) is 12.8. The SMILES string of the molecule is COc1ccc(N2CCOCC2)cc1CCC=O. The van der Waals surface area contributed by atoms with Crippen LogP contribution in [0.1, 0.15) is 12.0 Å². The Bertz CT molecular complexity index is 400. The molecule has 1 fully saturated rings. The van der Waals surface area contributed by atoms with Gasteiger partial charge in [0.15, 0.2) is 0 Å². The van der Waals surface area contributed by atoms with E-state index < -0.39 is 0 Å². The van der Waals surface area contributed by atoms with Crippen LogP contribution >= 0.6 is 0 Å². The third kappa shape index (κ3) is 3.01. The molecule has 0 spiro atoms. The van der Waals surface area contributed by atoms with Crippen molar-refractivity contribution < 1.29 is 14.3 Å². The second-order valence-corrected chi connectivity index (χ2v) is 4.30. The lowest BCUT2D eigenvalue weighted by molar-refractivity contribution is -0.107. The fourth-order valence-corrected chi connectivity index (χ4v) is 2.19. The number of rotatable bonds is 5. The maximum absolute atomic E-state index is 10.5. The molecule has 1 aromatic rings. The van der Waals surface area contributed by atoms with Gasteiger partial charge in [-0.2, -0.15) is 0 Å². The highest BCUT2D eigenvalue weighted by Gasteiger charge is 2.13. The summed E-state index contributed by atoms with van der Waals surface area (Å²) in [5.41, 5.74) is 2.27. The predicted molar refractivity (Wildman–Crippen MR) is 70.4 cm³/mol. The molecule has 0 atom stereocenters. The Morgan fingerprint density at radius 2 is 2.17 bits per heavy atom. The van der Waals surface area contributed by atoms with Crippen molar-refractivity contribution >= 4 is 12.0 Å². The van der Waals surface area contributed by atoms with Crippen LogP contribution in [0.15, 0.2) is 18.2 Å². The monoisotopic (exact) mass is 249 g/mol. The van der Waals surface area contributed by atoms with Gasteiger partial charge in [0.25, 0.3) is 0 Å². The van der Waals surface area contributed by atoms with Crippen molar-refractivity contribution in [2.24, 2.45) is 0 Å². The number of aryl methyl sites for hydroxylation is 1. The molecule has 1 aliphatic heterocycles. The molecule has 4 heteroatoms. The highest BCUT2D eigenvalue weighted by atomic mass is 16.5. The number of hydrogen-bond acceptors (Lipinski definition) is 4. The maximum Gasteiger partial charge on any atom is 0.122 e. The van der Waals surface area contributed by atoms with E-state index in [9.17, 15) is 4.79 Å². The molecule has 1 aromatic carbocycles. The molecule has 4 nitrogen and oxygen atoms in total. The van der Waals surface area contributed by atoms with Crippen LogP contribution in [0.5, 0.6) is 5.75 Å². The van der Waals surface area contributed by atoms with Gasteiger partial charge in [0.2, 0.25) is 0 Å². The summed E-state index contributed by atoms with van der Waals surface area (Å²) in [5, 5.41) is 0. The van der Waals surface area contributed by atoms with Crippen molar-refractivity contribution in [1.82, 2.24) is 0 Å². The van der Waals surface area contributed by atoms with E-state index in [0.29, 0.717) is 6.42 Å². The minimum Gasteiger partial charge on any atom is -0.496 e. The van der Waals surface area contributed by atoms with Gasteiger partial charge in [-0.15, -0.1) is 0 Å². The second kappa shape index (κ2) is 6.40. The standard InChI is InChI=1S/C14H19NO3/c1-17-14-5-4-13(11-12(14)3-2-8-16)15-6-9-18-10-7-15/h4-5,8,11H,2-3,6-7,9-10H2,1H3. The van der Waals surface area contributed by atoms with Gasteiger partial charge in [0, 0.05) is 25.2 Å². The summed E-state index contributed by atoms with van der Waals surface area (Å²) in [5.74, 6) is 0.855. The largest absolute Gasteiger partial charge is 0.496 e. The van der Waals surface area contributed by atoms with E-state index in [-0.39, 0.29) is 0 Å². The van der Waals surface area contributed by atoms with Crippen LogP contribution < -0.4 is 9.64 Å². The van der Waals surface area contributed by atoms with Crippen molar-refractivity contribution in [3.8, 4) is 5.75 Å². The third-order valence-corrected chi connectivity index (χ3v) is 3.17. The number of ether oxygens (including phenoxy) is 2. The van der Waals surface area contributed by atoms with Gasteiger partial charge in [0.1, 0.15) is 12.0 Å². The lowest BCUT2D eigenvalue weighted by Gasteiger charge is -2.29. The Labute approximate surface area is 107 Å². The van der Waals surface area contributed by atoms with Gasteiger partial charge >= 0.3 is 0 Å². The van der Waals surface area contributed by atoms with Crippen LogP contribution in [0.4, 0.5) is 5.69 Å². The average molecular weight is 249 g/mol. The predicted octanol–water partition coefficient (Wildman–Crippen LogP) is 1.66. The van der Waals surface area contributed by atoms with Crippen LogP contribution in [0.2, 0.25) is 0 Å². The molecule has 0 amide bonds. The number of aldehydes is 1. The molecule has 0 aromatic heterocycles. The Hall–Kier alpha value is -1.55. The van der Waals surface area contributed by atoms with E-state index in [4.69, 9.17) is 9.47 Å².